The molecule has 6 heteroatoms. The first kappa shape index (κ1) is 16.1. The standard InChI is InChI=1S/C16H16ClN3O2/c1-16(2,15(21)22-3)9-19-14-6-10(8-18)12-7-11(17)4-5-13(12)20-14/h4-7H,9H2,1-3H3,(H,19,20). The fourth-order valence-electron chi connectivity index (χ4n) is 2.04. The normalized spacial score (nSPS) is 11.0. The van der Waals surface area contributed by atoms with Crippen LogP contribution in [0.3, 0.4) is 0 Å². The quantitative estimate of drug-likeness (QED) is 0.875. The second-order valence-corrected chi connectivity index (χ2v) is 5.99. The molecule has 0 radical (unpaired) electrons. The number of anilines is 1. The lowest BCUT2D eigenvalue weighted by Crippen LogP contribution is -2.33. The number of nitriles is 1. The highest BCUT2D eigenvalue weighted by Gasteiger charge is 2.28. The Balaban J connectivity index is 2.32. The highest BCUT2D eigenvalue weighted by atomic mass is 35.5. The summed E-state index contributed by atoms with van der Waals surface area (Å²) in [7, 11) is 1.36. The van der Waals surface area contributed by atoms with Gasteiger partial charge in [0.1, 0.15) is 5.82 Å². The molecule has 0 saturated carbocycles. The van der Waals surface area contributed by atoms with E-state index in [9.17, 15) is 10.1 Å². The molecule has 22 heavy (non-hydrogen) atoms. The number of rotatable bonds is 4. The number of esters is 1. The van der Waals surface area contributed by atoms with Gasteiger partial charge in [-0.25, -0.2) is 4.98 Å². The number of hydrogen-bond donors (Lipinski definition) is 1. The molecule has 0 amide bonds. The summed E-state index contributed by atoms with van der Waals surface area (Å²) in [4.78, 5) is 16.1. The van der Waals surface area contributed by atoms with Gasteiger partial charge in [-0.05, 0) is 38.1 Å². The predicted octanol–water partition coefficient (Wildman–Crippen LogP) is 3.37. The summed E-state index contributed by atoms with van der Waals surface area (Å²) in [6.07, 6.45) is 0. The Kier molecular flexibility index (Phi) is 4.53. The number of benzene rings is 1. The van der Waals surface area contributed by atoms with Crippen molar-refractivity contribution in [3.8, 4) is 6.07 Å². The van der Waals surface area contributed by atoms with Gasteiger partial charge in [0, 0.05) is 17.0 Å². The van der Waals surface area contributed by atoms with Gasteiger partial charge in [0.2, 0.25) is 0 Å². The van der Waals surface area contributed by atoms with Crippen LogP contribution in [0.2, 0.25) is 5.02 Å². The molecule has 1 aromatic heterocycles. The van der Waals surface area contributed by atoms with E-state index in [-0.39, 0.29) is 5.97 Å². The molecule has 0 aliphatic carbocycles. The van der Waals surface area contributed by atoms with E-state index in [0.717, 1.165) is 0 Å². The van der Waals surface area contributed by atoms with Gasteiger partial charge < -0.3 is 10.1 Å². The SMILES string of the molecule is COC(=O)C(C)(C)CNc1cc(C#N)c2cc(Cl)ccc2n1. The summed E-state index contributed by atoms with van der Waals surface area (Å²) in [5, 5.41) is 13.6. The van der Waals surface area contributed by atoms with Crippen molar-refractivity contribution in [3.63, 3.8) is 0 Å². The topological polar surface area (TPSA) is 75.0 Å². The van der Waals surface area contributed by atoms with Crippen molar-refractivity contribution < 1.29 is 9.53 Å². The van der Waals surface area contributed by atoms with Crippen molar-refractivity contribution in [1.82, 2.24) is 4.98 Å². The fraction of sp³-hybridized carbons (Fsp3) is 0.312. The first-order valence-corrected chi connectivity index (χ1v) is 7.08. The van der Waals surface area contributed by atoms with E-state index in [0.29, 0.717) is 33.9 Å². The van der Waals surface area contributed by atoms with Crippen LogP contribution >= 0.6 is 11.6 Å². The minimum Gasteiger partial charge on any atom is -0.469 e. The summed E-state index contributed by atoms with van der Waals surface area (Å²) >= 11 is 5.96. The van der Waals surface area contributed by atoms with Gasteiger partial charge in [-0.15, -0.1) is 0 Å². The summed E-state index contributed by atoms with van der Waals surface area (Å²) in [5.41, 5.74) is 0.450. The van der Waals surface area contributed by atoms with E-state index < -0.39 is 5.41 Å². The van der Waals surface area contributed by atoms with Gasteiger partial charge in [0.25, 0.3) is 0 Å². The van der Waals surface area contributed by atoms with Crippen molar-refractivity contribution in [2.75, 3.05) is 19.0 Å². The summed E-state index contributed by atoms with van der Waals surface area (Å²) < 4.78 is 4.77. The van der Waals surface area contributed by atoms with Crippen LogP contribution < -0.4 is 5.32 Å². The Labute approximate surface area is 133 Å². The van der Waals surface area contributed by atoms with Crippen LogP contribution in [0.4, 0.5) is 5.82 Å². The molecule has 0 bridgehead atoms. The van der Waals surface area contributed by atoms with Crippen LogP contribution in [0, 0.1) is 16.7 Å². The van der Waals surface area contributed by atoms with E-state index >= 15 is 0 Å². The minimum absolute atomic E-state index is 0.312. The van der Waals surface area contributed by atoms with Crippen LogP contribution in [0.25, 0.3) is 10.9 Å². The number of hydrogen-bond acceptors (Lipinski definition) is 5. The van der Waals surface area contributed by atoms with Gasteiger partial charge >= 0.3 is 5.97 Å². The van der Waals surface area contributed by atoms with E-state index in [1.165, 1.54) is 7.11 Å². The number of carbonyl (C=O) groups excluding carboxylic acids is 1. The van der Waals surface area contributed by atoms with E-state index in [1.807, 2.05) is 0 Å². The Morgan fingerprint density at radius 2 is 2.18 bits per heavy atom. The Morgan fingerprint density at radius 1 is 1.45 bits per heavy atom. The zero-order valence-electron chi connectivity index (χ0n) is 12.6. The third-order valence-corrected chi connectivity index (χ3v) is 3.58. The third kappa shape index (κ3) is 3.29. The lowest BCUT2D eigenvalue weighted by molar-refractivity contribution is -0.149. The predicted molar refractivity (Wildman–Crippen MR) is 85.8 cm³/mol. The number of ether oxygens (including phenoxy) is 1. The molecule has 1 N–H and O–H groups in total. The number of carbonyl (C=O) groups is 1. The number of methoxy groups -OCH3 is 1. The number of pyridine rings is 1. The van der Waals surface area contributed by atoms with E-state index in [4.69, 9.17) is 16.3 Å². The molecule has 0 aliphatic heterocycles. The molecule has 0 unspecified atom stereocenters. The summed E-state index contributed by atoms with van der Waals surface area (Å²) in [6, 6.07) is 8.98. The lowest BCUT2D eigenvalue weighted by Gasteiger charge is -2.22. The summed E-state index contributed by atoms with van der Waals surface area (Å²) in [6.45, 7) is 3.90. The molecule has 114 valence electrons. The molecular weight excluding hydrogens is 302 g/mol. The number of halogens is 1. The molecule has 2 rings (SSSR count). The van der Waals surface area contributed by atoms with E-state index in [1.54, 1.807) is 38.1 Å². The highest BCUT2D eigenvalue weighted by molar-refractivity contribution is 6.31. The Bertz CT molecular complexity index is 766. The van der Waals surface area contributed by atoms with Crippen LogP contribution in [-0.4, -0.2) is 24.6 Å². The van der Waals surface area contributed by atoms with Gasteiger partial charge in [-0.3, -0.25) is 4.79 Å². The van der Waals surface area contributed by atoms with Crippen LogP contribution in [0.1, 0.15) is 19.4 Å². The number of nitrogens with zero attached hydrogens (tertiary/aromatic N) is 2. The number of aromatic nitrogens is 1. The monoisotopic (exact) mass is 317 g/mol. The van der Waals surface area contributed by atoms with Crippen LogP contribution in [0.5, 0.6) is 0 Å². The first-order chi connectivity index (χ1) is 10.4. The van der Waals surface area contributed by atoms with Gasteiger partial charge in [0.15, 0.2) is 0 Å². The molecule has 1 heterocycles. The maximum Gasteiger partial charge on any atom is 0.313 e. The average molecular weight is 318 g/mol. The number of nitrogens with one attached hydrogen (secondary N) is 1. The molecule has 1 aromatic carbocycles. The van der Waals surface area contributed by atoms with Crippen molar-refractivity contribution in [2.45, 2.75) is 13.8 Å². The second kappa shape index (κ2) is 6.20. The van der Waals surface area contributed by atoms with Gasteiger partial charge in [-0.1, -0.05) is 11.6 Å². The molecule has 0 fully saturated rings. The van der Waals surface area contributed by atoms with Crippen LogP contribution in [-0.2, 0) is 9.53 Å². The number of fused-ring (bicyclic) bond motifs is 1. The van der Waals surface area contributed by atoms with Gasteiger partial charge in [0.05, 0.1) is 29.7 Å². The maximum atomic E-state index is 11.7. The first-order valence-electron chi connectivity index (χ1n) is 6.70. The zero-order chi connectivity index (χ0) is 16.3. The van der Waals surface area contributed by atoms with Crippen molar-refractivity contribution in [3.05, 3.63) is 34.9 Å². The summed E-state index contributed by atoms with van der Waals surface area (Å²) in [5.74, 6) is 0.219. The Hall–Kier alpha value is -2.32. The second-order valence-electron chi connectivity index (χ2n) is 5.56. The average Bonchev–Trinajstić information content (AvgIpc) is 2.51. The maximum absolute atomic E-state index is 11.7. The minimum atomic E-state index is -0.696. The van der Waals surface area contributed by atoms with Crippen LogP contribution in [0.15, 0.2) is 24.3 Å². The largest absolute Gasteiger partial charge is 0.469 e. The molecule has 2 aromatic rings. The molecular formula is C16H16ClN3O2. The third-order valence-electron chi connectivity index (χ3n) is 3.34. The van der Waals surface area contributed by atoms with Crippen molar-refractivity contribution in [1.29, 1.82) is 5.26 Å². The van der Waals surface area contributed by atoms with Crippen molar-refractivity contribution in [2.24, 2.45) is 5.41 Å². The molecule has 5 nitrogen and oxygen atoms in total. The lowest BCUT2D eigenvalue weighted by atomic mass is 9.94. The highest BCUT2D eigenvalue weighted by Crippen LogP contribution is 2.25. The molecule has 0 aliphatic rings. The van der Waals surface area contributed by atoms with E-state index in [2.05, 4.69) is 16.4 Å². The smallest absolute Gasteiger partial charge is 0.313 e. The molecule has 0 spiro atoms. The fourth-order valence-corrected chi connectivity index (χ4v) is 2.21. The van der Waals surface area contributed by atoms with Gasteiger partial charge in [-0.2, -0.15) is 5.26 Å². The molecule has 0 saturated heterocycles. The molecule has 0 atom stereocenters. The zero-order valence-corrected chi connectivity index (χ0v) is 13.4. The Morgan fingerprint density at radius 3 is 2.82 bits per heavy atom. The van der Waals surface area contributed by atoms with Crippen molar-refractivity contribution >= 4 is 34.3 Å².